The smallest absolute Gasteiger partial charge is 0.289 e. The zero-order valence-electron chi connectivity index (χ0n) is 20.0. The highest BCUT2D eigenvalue weighted by Gasteiger charge is 2.50. The summed E-state index contributed by atoms with van der Waals surface area (Å²) in [5.74, 6) is -0.989. The molecule has 0 aliphatic heterocycles. The van der Waals surface area contributed by atoms with E-state index in [1.807, 2.05) is 18.2 Å². The van der Waals surface area contributed by atoms with Crippen LogP contribution in [-0.4, -0.2) is 31.3 Å². The second-order valence-electron chi connectivity index (χ2n) is 9.89. The number of furan rings is 1. The minimum Gasteiger partial charge on any atom is -0.449 e. The van der Waals surface area contributed by atoms with Gasteiger partial charge in [0.15, 0.2) is 0 Å². The molecule has 192 valence electrons. The molecule has 0 bridgehead atoms. The fourth-order valence-corrected chi connectivity index (χ4v) is 5.70. The van der Waals surface area contributed by atoms with Crippen molar-refractivity contribution in [1.29, 1.82) is 5.26 Å². The molecule has 8 nitrogen and oxygen atoms in total. The highest BCUT2D eigenvalue weighted by atomic mass is 35.5. The number of amides is 2. The first-order valence-corrected chi connectivity index (χ1v) is 14.0. The fourth-order valence-electron chi connectivity index (χ4n) is 4.91. The lowest BCUT2D eigenvalue weighted by molar-refractivity contribution is -0.129. The van der Waals surface area contributed by atoms with Gasteiger partial charge in [-0.3, -0.25) is 9.59 Å². The molecule has 0 unspecified atom stereocenters. The van der Waals surface area contributed by atoms with Crippen molar-refractivity contribution >= 4 is 45.1 Å². The number of thiol groups is 1. The number of fused-ring (bicyclic) bond motifs is 1. The Morgan fingerprint density at radius 2 is 1.65 bits per heavy atom. The van der Waals surface area contributed by atoms with Crippen molar-refractivity contribution in [3.63, 3.8) is 0 Å². The van der Waals surface area contributed by atoms with Crippen molar-refractivity contribution < 1.29 is 22.4 Å². The maximum absolute atomic E-state index is 13.4. The van der Waals surface area contributed by atoms with Gasteiger partial charge >= 0.3 is 0 Å². The van der Waals surface area contributed by atoms with E-state index in [1.165, 1.54) is 0 Å². The van der Waals surface area contributed by atoms with Gasteiger partial charge in [-0.05, 0) is 54.5 Å². The van der Waals surface area contributed by atoms with Crippen LogP contribution in [-0.2, 0) is 21.3 Å². The molecule has 2 aliphatic rings. The summed E-state index contributed by atoms with van der Waals surface area (Å²) in [5.41, 5.74) is 0.842. The maximum Gasteiger partial charge on any atom is 0.289 e. The van der Waals surface area contributed by atoms with E-state index in [-0.39, 0.29) is 22.4 Å². The third-order valence-corrected chi connectivity index (χ3v) is 8.24. The third-order valence-electron chi connectivity index (χ3n) is 7.25. The Labute approximate surface area is 220 Å². The summed E-state index contributed by atoms with van der Waals surface area (Å²) >= 11 is 6.55. The van der Waals surface area contributed by atoms with Crippen molar-refractivity contribution in [3.05, 3.63) is 58.8 Å². The van der Waals surface area contributed by atoms with Crippen LogP contribution < -0.4 is 10.6 Å². The van der Waals surface area contributed by atoms with Crippen LogP contribution in [0, 0.1) is 11.3 Å². The summed E-state index contributed by atoms with van der Waals surface area (Å²) in [4.78, 5) is 26.6. The molecule has 0 atom stereocenters. The molecule has 2 amide bonds. The molecule has 0 radical (unpaired) electrons. The first-order chi connectivity index (χ1) is 17.7. The van der Waals surface area contributed by atoms with Crippen molar-refractivity contribution in [2.75, 3.05) is 0 Å². The monoisotopic (exact) mass is 539 g/mol. The van der Waals surface area contributed by atoms with E-state index in [4.69, 9.17) is 16.0 Å². The number of nitrogens with one attached hydrogen (secondary N) is 2. The van der Waals surface area contributed by atoms with Gasteiger partial charge in [0.1, 0.15) is 27.4 Å². The van der Waals surface area contributed by atoms with Gasteiger partial charge in [0.05, 0.1) is 16.8 Å². The van der Waals surface area contributed by atoms with E-state index in [9.17, 15) is 23.3 Å². The standard InChI is InChI=1S/C27H26ClN3O5S/c28-22-20-9-8-19(18-6-4-17(5-7-18)15-37(34)35)14-21(20)36-23(22)24(32)30-27(10-2-1-3-11-27)25(33)31-26(16-29)12-13-26/h4-9,14,37H,1-3,10-13,15H2,(H,30,32)(H,31,33). The molecule has 0 saturated heterocycles. The van der Waals surface area contributed by atoms with Gasteiger partial charge in [0.25, 0.3) is 5.91 Å². The molecule has 37 heavy (non-hydrogen) atoms. The highest BCUT2D eigenvalue weighted by Crippen LogP contribution is 2.38. The molecule has 1 aromatic heterocycles. The van der Waals surface area contributed by atoms with Crippen LogP contribution in [0.4, 0.5) is 0 Å². The number of rotatable bonds is 7. The molecule has 2 fully saturated rings. The number of hydrogen-bond acceptors (Lipinski definition) is 6. The second kappa shape index (κ2) is 9.84. The van der Waals surface area contributed by atoms with Gasteiger partial charge in [0.2, 0.25) is 11.7 Å². The van der Waals surface area contributed by atoms with E-state index < -0.39 is 27.7 Å². The Balaban J connectivity index is 1.40. The molecule has 2 aliphatic carbocycles. The Morgan fingerprint density at radius 1 is 0.973 bits per heavy atom. The number of carbonyl (C=O) groups is 2. The van der Waals surface area contributed by atoms with E-state index in [2.05, 4.69) is 16.7 Å². The number of carbonyl (C=O) groups excluding carboxylic acids is 2. The summed E-state index contributed by atoms with van der Waals surface area (Å²) < 4.78 is 27.8. The van der Waals surface area contributed by atoms with Gasteiger partial charge in [-0.1, -0.05) is 61.2 Å². The number of halogens is 1. The zero-order chi connectivity index (χ0) is 26.2. The average Bonchev–Trinajstić information content (AvgIpc) is 3.59. The second-order valence-corrected chi connectivity index (χ2v) is 11.2. The normalized spacial score (nSPS) is 17.8. The van der Waals surface area contributed by atoms with Gasteiger partial charge in [-0.15, -0.1) is 0 Å². The number of nitrogens with zero attached hydrogens (tertiary/aromatic N) is 1. The minimum atomic E-state index is -2.50. The molecule has 5 rings (SSSR count). The largest absolute Gasteiger partial charge is 0.449 e. The van der Waals surface area contributed by atoms with Crippen molar-refractivity contribution in [2.45, 2.75) is 61.8 Å². The summed E-state index contributed by atoms with van der Waals surface area (Å²) in [5, 5.41) is 15.9. The van der Waals surface area contributed by atoms with E-state index in [1.54, 1.807) is 24.3 Å². The molecule has 0 spiro atoms. The maximum atomic E-state index is 13.4. The Morgan fingerprint density at radius 3 is 2.27 bits per heavy atom. The number of nitriles is 1. The molecule has 2 aromatic carbocycles. The molecular formula is C27H26ClN3O5S. The predicted octanol–water partition coefficient (Wildman–Crippen LogP) is 4.47. The lowest BCUT2D eigenvalue weighted by Gasteiger charge is -2.37. The first-order valence-electron chi connectivity index (χ1n) is 12.2. The first kappa shape index (κ1) is 25.3. The van der Waals surface area contributed by atoms with Gasteiger partial charge in [-0.25, -0.2) is 8.42 Å². The van der Waals surface area contributed by atoms with Crippen LogP contribution in [0.1, 0.15) is 61.1 Å². The molecule has 1 heterocycles. The Kier molecular flexibility index (Phi) is 6.73. The number of hydrogen-bond donors (Lipinski definition) is 3. The molecular weight excluding hydrogens is 514 g/mol. The van der Waals surface area contributed by atoms with Crippen molar-refractivity contribution in [2.24, 2.45) is 0 Å². The highest BCUT2D eigenvalue weighted by molar-refractivity contribution is 7.71. The van der Waals surface area contributed by atoms with Crippen LogP contribution in [0.3, 0.4) is 0 Å². The van der Waals surface area contributed by atoms with Crippen LogP contribution in [0.5, 0.6) is 0 Å². The minimum absolute atomic E-state index is 0.0160. The summed E-state index contributed by atoms with van der Waals surface area (Å²) in [6.07, 6.45) is 4.72. The van der Waals surface area contributed by atoms with Crippen LogP contribution in [0.2, 0.25) is 5.02 Å². The van der Waals surface area contributed by atoms with Crippen LogP contribution in [0.25, 0.3) is 22.1 Å². The van der Waals surface area contributed by atoms with Crippen molar-refractivity contribution in [1.82, 2.24) is 10.6 Å². The molecule has 10 heteroatoms. The lowest BCUT2D eigenvalue weighted by Crippen LogP contribution is -2.61. The Bertz CT molecular complexity index is 1480. The van der Waals surface area contributed by atoms with Crippen molar-refractivity contribution in [3.8, 4) is 17.2 Å². The van der Waals surface area contributed by atoms with Crippen LogP contribution >= 0.6 is 11.6 Å². The summed E-state index contributed by atoms with van der Waals surface area (Å²) in [6, 6.07) is 14.7. The average molecular weight is 540 g/mol. The van der Waals surface area contributed by atoms with Gasteiger partial charge in [-0.2, -0.15) is 5.26 Å². The van der Waals surface area contributed by atoms with E-state index in [0.29, 0.717) is 42.2 Å². The summed E-state index contributed by atoms with van der Waals surface area (Å²) in [6.45, 7) is 0. The molecule has 2 saturated carbocycles. The lowest BCUT2D eigenvalue weighted by atomic mass is 9.80. The zero-order valence-corrected chi connectivity index (χ0v) is 21.7. The van der Waals surface area contributed by atoms with Crippen LogP contribution in [0.15, 0.2) is 46.9 Å². The SMILES string of the molecule is N#CC1(NC(=O)C2(NC(=O)c3oc4cc(-c5ccc(C[SH](=O)=O)cc5)ccc4c3Cl)CCCCC2)CC1. The molecule has 3 aromatic rings. The Hall–Kier alpha value is -3.35. The fraction of sp³-hybridized carbons (Fsp3) is 0.370. The van der Waals surface area contributed by atoms with E-state index in [0.717, 1.165) is 30.4 Å². The van der Waals surface area contributed by atoms with Gasteiger partial charge in [0, 0.05) is 5.39 Å². The predicted molar refractivity (Wildman–Crippen MR) is 140 cm³/mol. The van der Waals surface area contributed by atoms with Gasteiger partial charge < -0.3 is 15.1 Å². The molecule has 2 N–H and O–H groups in total. The topological polar surface area (TPSA) is 129 Å². The van der Waals surface area contributed by atoms with E-state index >= 15 is 0 Å². The number of benzene rings is 2. The quantitative estimate of drug-likeness (QED) is 0.380. The summed E-state index contributed by atoms with van der Waals surface area (Å²) in [7, 11) is -2.50. The third kappa shape index (κ3) is 5.09.